The summed E-state index contributed by atoms with van der Waals surface area (Å²) in [7, 11) is 1.55. The van der Waals surface area contributed by atoms with Crippen molar-refractivity contribution in [2.45, 2.75) is 6.36 Å². The van der Waals surface area contributed by atoms with Gasteiger partial charge in [-0.2, -0.15) is 0 Å². The van der Waals surface area contributed by atoms with Crippen LogP contribution in [0.1, 0.15) is 0 Å². The molecule has 1 aromatic heterocycles. The molecule has 0 saturated carbocycles. The molecule has 62 valence electrons. The minimum absolute atomic E-state index is 0.444. The fourth-order valence-corrected chi connectivity index (χ4v) is 0.560. The van der Waals surface area contributed by atoms with E-state index in [2.05, 4.69) is 9.72 Å². The molecule has 0 amide bonds. The van der Waals surface area contributed by atoms with E-state index in [0.717, 1.165) is 6.20 Å². The van der Waals surface area contributed by atoms with Crippen molar-refractivity contribution in [3.63, 3.8) is 0 Å². The maximum absolute atomic E-state index is 11.5. The summed E-state index contributed by atoms with van der Waals surface area (Å²) in [4.78, 5) is 3.32. The Morgan fingerprint density at radius 2 is 2.18 bits per heavy atom. The van der Waals surface area contributed by atoms with E-state index in [1.165, 1.54) is 10.9 Å². The maximum Gasteiger partial charge on any atom is 0.574 e. The van der Waals surface area contributed by atoms with Crippen LogP contribution in [0, 0.1) is 0 Å². The van der Waals surface area contributed by atoms with Crippen molar-refractivity contribution in [3.05, 3.63) is 12.5 Å². The maximum atomic E-state index is 11.5. The molecule has 0 radical (unpaired) electrons. The molecule has 0 atom stereocenters. The summed E-state index contributed by atoms with van der Waals surface area (Å²) in [5.74, 6) is -0.444. The fraction of sp³-hybridized carbons (Fsp3) is 0.400. The Hall–Kier alpha value is -1.20. The molecule has 0 spiro atoms. The summed E-state index contributed by atoms with van der Waals surface area (Å²) >= 11 is 0. The molecule has 0 N–H and O–H groups in total. The zero-order valence-corrected chi connectivity index (χ0v) is 5.59. The van der Waals surface area contributed by atoms with Gasteiger partial charge < -0.3 is 9.30 Å². The lowest BCUT2D eigenvalue weighted by Crippen LogP contribution is -2.17. The first kappa shape index (κ1) is 7.90. The molecule has 3 nitrogen and oxygen atoms in total. The van der Waals surface area contributed by atoms with Crippen LogP contribution in [0.2, 0.25) is 0 Å². The lowest BCUT2D eigenvalue weighted by molar-refractivity contribution is -0.276. The van der Waals surface area contributed by atoms with Gasteiger partial charge in [-0.25, -0.2) is 4.98 Å². The SMILES string of the molecule is Cn1cnc(OC(F)(F)F)c1. The Morgan fingerprint density at radius 1 is 1.55 bits per heavy atom. The van der Waals surface area contributed by atoms with Crippen molar-refractivity contribution < 1.29 is 17.9 Å². The van der Waals surface area contributed by atoms with Gasteiger partial charge in [0.1, 0.15) is 0 Å². The van der Waals surface area contributed by atoms with Crippen LogP contribution in [0.4, 0.5) is 13.2 Å². The minimum atomic E-state index is -4.66. The summed E-state index contributed by atoms with van der Waals surface area (Å²) in [5, 5.41) is 0. The van der Waals surface area contributed by atoms with Crippen molar-refractivity contribution in [3.8, 4) is 5.88 Å². The number of nitrogens with zero attached hydrogens (tertiary/aromatic N) is 2. The molecule has 0 aliphatic carbocycles. The van der Waals surface area contributed by atoms with Crippen LogP contribution < -0.4 is 4.74 Å². The zero-order chi connectivity index (χ0) is 8.48. The predicted molar refractivity (Wildman–Crippen MR) is 29.9 cm³/mol. The van der Waals surface area contributed by atoms with Crippen molar-refractivity contribution >= 4 is 0 Å². The van der Waals surface area contributed by atoms with Gasteiger partial charge in [0.15, 0.2) is 0 Å². The molecule has 0 fully saturated rings. The third-order valence-corrected chi connectivity index (χ3v) is 0.901. The van der Waals surface area contributed by atoms with Gasteiger partial charge in [0.2, 0.25) is 5.88 Å². The highest BCUT2D eigenvalue weighted by Gasteiger charge is 2.31. The standard InChI is InChI=1S/C5H5F3N2O/c1-10-2-4(9-3-10)11-5(6,7)8/h2-3H,1H3. The number of hydrogen-bond acceptors (Lipinski definition) is 2. The second kappa shape index (κ2) is 2.44. The normalized spacial score (nSPS) is 11.6. The number of hydrogen-bond donors (Lipinski definition) is 0. The van der Waals surface area contributed by atoms with E-state index >= 15 is 0 Å². The van der Waals surface area contributed by atoms with Gasteiger partial charge in [0, 0.05) is 7.05 Å². The molecule has 0 bridgehead atoms. The molecule has 1 heterocycles. The van der Waals surface area contributed by atoms with Crippen LogP contribution in [0.25, 0.3) is 0 Å². The van der Waals surface area contributed by atoms with Crippen LogP contribution in [-0.4, -0.2) is 15.9 Å². The highest BCUT2D eigenvalue weighted by Crippen LogP contribution is 2.19. The molecule has 0 aromatic carbocycles. The van der Waals surface area contributed by atoms with Crippen molar-refractivity contribution in [1.29, 1.82) is 0 Å². The lowest BCUT2D eigenvalue weighted by Gasteiger charge is -2.03. The summed E-state index contributed by atoms with van der Waals surface area (Å²) in [6.07, 6.45) is -2.30. The van der Waals surface area contributed by atoms with E-state index in [1.54, 1.807) is 7.05 Å². The number of halogens is 3. The Balaban J connectivity index is 2.65. The highest BCUT2D eigenvalue weighted by molar-refractivity contribution is 5.03. The highest BCUT2D eigenvalue weighted by atomic mass is 19.4. The van der Waals surface area contributed by atoms with E-state index in [-0.39, 0.29) is 0 Å². The first-order valence-electron chi connectivity index (χ1n) is 2.71. The average molecular weight is 166 g/mol. The van der Waals surface area contributed by atoms with Gasteiger partial charge in [-0.05, 0) is 0 Å². The van der Waals surface area contributed by atoms with Crippen molar-refractivity contribution in [1.82, 2.24) is 9.55 Å². The van der Waals surface area contributed by atoms with Crippen LogP contribution >= 0.6 is 0 Å². The number of aryl methyl sites for hydroxylation is 1. The largest absolute Gasteiger partial charge is 0.574 e. The minimum Gasteiger partial charge on any atom is -0.386 e. The number of ether oxygens (including phenoxy) is 1. The Bertz CT molecular complexity index is 242. The van der Waals surface area contributed by atoms with E-state index < -0.39 is 12.2 Å². The van der Waals surface area contributed by atoms with Crippen molar-refractivity contribution in [2.24, 2.45) is 7.05 Å². The topological polar surface area (TPSA) is 27.1 Å². The van der Waals surface area contributed by atoms with Gasteiger partial charge in [0.05, 0.1) is 12.5 Å². The predicted octanol–water partition coefficient (Wildman–Crippen LogP) is 1.32. The van der Waals surface area contributed by atoms with E-state index in [4.69, 9.17) is 0 Å². The average Bonchev–Trinajstić information content (AvgIpc) is 2.10. The van der Waals surface area contributed by atoms with Gasteiger partial charge in [-0.1, -0.05) is 0 Å². The molecule has 0 aliphatic heterocycles. The molecule has 11 heavy (non-hydrogen) atoms. The third-order valence-electron chi connectivity index (χ3n) is 0.901. The third kappa shape index (κ3) is 2.48. The Morgan fingerprint density at radius 3 is 2.55 bits per heavy atom. The monoisotopic (exact) mass is 166 g/mol. The van der Waals surface area contributed by atoms with Gasteiger partial charge >= 0.3 is 6.36 Å². The zero-order valence-electron chi connectivity index (χ0n) is 5.59. The van der Waals surface area contributed by atoms with Crippen LogP contribution in [0.3, 0.4) is 0 Å². The first-order valence-corrected chi connectivity index (χ1v) is 2.71. The summed E-state index contributed by atoms with van der Waals surface area (Å²) in [6, 6.07) is 0. The molecule has 0 aliphatic rings. The van der Waals surface area contributed by atoms with E-state index in [0.29, 0.717) is 0 Å². The number of aromatic nitrogens is 2. The molecule has 6 heteroatoms. The van der Waals surface area contributed by atoms with Crippen LogP contribution in [0.5, 0.6) is 5.88 Å². The summed E-state index contributed by atoms with van der Waals surface area (Å²) < 4.78 is 39.3. The van der Waals surface area contributed by atoms with Crippen LogP contribution in [-0.2, 0) is 7.05 Å². The second-order valence-corrected chi connectivity index (χ2v) is 1.93. The van der Waals surface area contributed by atoms with Gasteiger partial charge in [-0.3, -0.25) is 0 Å². The van der Waals surface area contributed by atoms with Crippen LogP contribution in [0.15, 0.2) is 12.5 Å². The quantitative estimate of drug-likeness (QED) is 0.629. The lowest BCUT2D eigenvalue weighted by atomic mass is 10.8. The number of rotatable bonds is 1. The molecule has 0 unspecified atom stereocenters. The summed E-state index contributed by atoms with van der Waals surface area (Å²) in [6.45, 7) is 0. The van der Waals surface area contributed by atoms with E-state index in [9.17, 15) is 13.2 Å². The molecular formula is C5H5F3N2O. The molecule has 1 aromatic rings. The van der Waals surface area contributed by atoms with E-state index in [1.807, 2.05) is 0 Å². The molecule has 0 saturated heterocycles. The number of imidazole rings is 1. The Kier molecular flexibility index (Phi) is 1.76. The summed E-state index contributed by atoms with van der Waals surface area (Å²) in [5.41, 5.74) is 0. The first-order chi connectivity index (χ1) is 4.97. The van der Waals surface area contributed by atoms with Gasteiger partial charge in [0.25, 0.3) is 0 Å². The van der Waals surface area contributed by atoms with Crippen molar-refractivity contribution in [2.75, 3.05) is 0 Å². The second-order valence-electron chi connectivity index (χ2n) is 1.93. The number of alkyl halides is 3. The molecule has 1 rings (SSSR count). The Labute approximate surface area is 60.4 Å². The smallest absolute Gasteiger partial charge is 0.386 e. The van der Waals surface area contributed by atoms with Gasteiger partial charge in [-0.15, -0.1) is 13.2 Å². The molecular weight excluding hydrogens is 161 g/mol. The fourth-order valence-electron chi connectivity index (χ4n) is 0.560.